The summed E-state index contributed by atoms with van der Waals surface area (Å²) in [5.74, 6) is -0.155. The Morgan fingerprint density at radius 1 is 1.36 bits per heavy atom. The number of benzene rings is 1. The number of likely N-dealkylation sites (N-methyl/N-ethyl adjacent to an activating group) is 1. The van der Waals surface area contributed by atoms with Gasteiger partial charge in [0.2, 0.25) is 0 Å². The fourth-order valence-corrected chi connectivity index (χ4v) is 1.17. The maximum absolute atomic E-state index is 11.8. The van der Waals surface area contributed by atoms with Gasteiger partial charge in [0.05, 0.1) is 6.07 Å². The number of ketones is 1. The molecule has 1 aromatic rings. The van der Waals surface area contributed by atoms with Crippen LogP contribution >= 0.6 is 0 Å². The van der Waals surface area contributed by atoms with Crippen LogP contribution in [0.15, 0.2) is 30.3 Å². The highest BCUT2D eigenvalue weighted by Gasteiger charge is 2.20. The van der Waals surface area contributed by atoms with Gasteiger partial charge in [-0.3, -0.25) is 9.69 Å². The van der Waals surface area contributed by atoms with Gasteiger partial charge in [-0.25, -0.2) is 0 Å². The van der Waals surface area contributed by atoms with Gasteiger partial charge in [0, 0.05) is 5.56 Å². The molecule has 0 bridgehead atoms. The molecule has 3 heteroatoms. The second kappa shape index (κ2) is 4.54. The second-order valence-electron chi connectivity index (χ2n) is 3.23. The van der Waals surface area contributed by atoms with Crippen LogP contribution in [0.2, 0.25) is 0 Å². The summed E-state index contributed by atoms with van der Waals surface area (Å²) in [6, 6.07) is 10.1. The minimum atomic E-state index is -0.697. The number of rotatable bonds is 3. The van der Waals surface area contributed by atoms with Gasteiger partial charge in [-0.1, -0.05) is 30.3 Å². The normalized spacial score (nSPS) is 12.1. The van der Waals surface area contributed by atoms with Crippen molar-refractivity contribution in [2.45, 2.75) is 6.04 Å². The summed E-state index contributed by atoms with van der Waals surface area (Å²) < 4.78 is 0. The van der Waals surface area contributed by atoms with Crippen molar-refractivity contribution < 1.29 is 4.79 Å². The van der Waals surface area contributed by atoms with E-state index < -0.39 is 6.04 Å². The summed E-state index contributed by atoms with van der Waals surface area (Å²) in [7, 11) is 3.43. The lowest BCUT2D eigenvalue weighted by molar-refractivity contribution is 0.0917. The van der Waals surface area contributed by atoms with Crippen molar-refractivity contribution in [3.8, 4) is 6.07 Å². The van der Waals surface area contributed by atoms with E-state index in [0.29, 0.717) is 5.56 Å². The molecule has 1 rings (SSSR count). The highest BCUT2D eigenvalue weighted by molar-refractivity contribution is 6.01. The summed E-state index contributed by atoms with van der Waals surface area (Å²) >= 11 is 0. The molecule has 0 saturated heterocycles. The molecule has 0 saturated carbocycles. The molecule has 1 atom stereocenters. The molecule has 1 aromatic carbocycles. The SMILES string of the molecule is CN(C)C(C#N)C(=O)c1ccccc1. The number of hydrogen-bond donors (Lipinski definition) is 0. The molecule has 0 aliphatic rings. The van der Waals surface area contributed by atoms with Crippen LogP contribution < -0.4 is 0 Å². The Morgan fingerprint density at radius 3 is 2.36 bits per heavy atom. The van der Waals surface area contributed by atoms with E-state index in [2.05, 4.69) is 0 Å². The fraction of sp³-hybridized carbons (Fsp3) is 0.273. The summed E-state index contributed by atoms with van der Waals surface area (Å²) in [4.78, 5) is 13.4. The quantitative estimate of drug-likeness (QED) is 0.672. The van der Waals surface area contributed by atoms with Crippen molar-refractivity contribution in [3.63, 3.8) is 0 Å². The first-order chi connectivity index (χ1) is 6.66. The van der Waals surface area contributed by atoms with Crippen LogP contribution in [-0.2, 0) is 0 Å². The lowest BCUT2D eigenvalue weighted by atomic mass is 10.0. The van der Waals surface area contributed by atoms with Gasteiger partial charge >= 0.3 is 0 Å². The Bertz CT molecular complexity index is 351. The molecule has 0 aliphatic carbocycles. The van der Waals surface area contributed by atoms with Crippen LogP contribution in [0, 0.1) is 11.3 Å². The van der Waals surface area contributed by atoms with Crippen LogP contribution in [0.5, 0.6) is 0 Å². The fourth-order valence-electron chi connectivity index (χ4n) is 1.17. The van der Waals surface area contributed by atoms with Gasteiger partial charge in [0.15, 0.2) is 11.8 Å². The van der Waals surface area contributed by atoms with E-state index in [-0.39, 0.29) is 5.78 Å². The monoisotopic (exact) mass is 188 g/mol. The zero-order chi connectivity index (χ0) is 10.6. The molecule has 1 unspecified atom stereocenters. The van der Waals surface area contributed by atoms with Gasteiger partial charge in [-0.05, 0) is 14.1 Å². The van der Waals surface area contributed by atoms with E-state index in [1.807, 2.05) is 12.1 Å². The van der Waals surface area contributed by atoms with Gasteiger partial charge in [-0.15, -0.1) is 0 Å². The molecule has 0 amide bonds. The van der Waals surface area contributed by atoms with E-state index in [0.717, 1.165) is 0 Å². The standard InChI is InChI=1S/C11H12N2O/c1-13(2)10(8-12)11(14)9-6-4-3-5-7-9/h3-7,10H,1-2H3. The summed E-state index contributed by atoms with van der Waals surface area (Å²) in [5.41, 5.74) is 0.577. The molecule has 0 aliphatic heterocycles. The highest BCUT2D eigenvalue weighted by Crippen LogP contribution is 2.05. The van der Waals surface area contributed by atoms with Gasteiger partial charge < -0.3 is 0 Å². The number of carbonyl (C=O) groups is 1. The van der Waals surface area contributed by atoms with Crippen LogP contribution in [0.4, 0.5) is 0 Å². The first kappa shape index (κ1) is 10.4. The minimum absolute atomic E-state index is 0.155. The predicted octanol–water partition coefficient (Wildman–Crippen LogP) is 1.32. The Morgan fingerprint density at radius 2 is 1.93 bits per heavy atom. The summed E-state index contributed by atoms with van der Waals surface area (Å²) in [6.07, 6.45) is 0. The van der Waals surface area contributed by atoms with Crippen molar-refractivity contribution in [1.82, 2.24) is 4.90 Å². The Balaban J connectivity index is 2.91. The lowest BCUT2D eigenvalue weighted by Gasteiger charge is -2.15. The predicted molar refractivity (Wildman–Crippen MR) is 53.9 cm³/mol. The van der Waals surface area contributed by atoms with Crippen LogP contribution in [-0.4, -0.2) is 30.8 Å². The molecule has 0 fully saturated rings. The molecule has 14 heavy (non-hydrogen) atoms. The third kappa shape index (κ3) is 2.18. The molecule has 0 aromatic heterocycles. The van der Waals surface area contributed by atoms with Crippen LogP contribution in [0.3, 0.4) is 0 Å². The summed E-state index contributed by atoms with van der Waals surface area (Å²) in [6.45, 7) is 0. The van der Waals surface area contributed by atoms with Gasteiger partial charge in [0.1, 0.15) is 0 Å². The summed E-state index contributed by atoms with van der Waals surface area (Å²) in [5, 5.41) is 8.82. The maximum Gasteiger partial charge on any atom is 0.194 e. The minimum Gasteiger partial charge on any atom is -0.291 e. The van der Waals surface area contributed by atoms with E-state index in [1.54, 1.807) is 43.3 Å². The zero-order valence-corrected chi connectivity index (χ0v) is 8.27. The van der Waals surface area contributed by atoms with Crippen molar-refractivity contribution in [2.75, 3.05) is 14.1 Å². The molecule has 0 heterocycles. The van der Waals surface area contributed by atoms with E-state index >= 15 is 0 Å². The smallest absolute Gasteiger partial charge is 0.194 e. The third-order valence-electron chi connectivity index (χ3n) is 1.95. The first-order valence-corrected chi connectivity index (χ1v) is 4.32. The lowest BCUT2D eigenvalue weighted by Crippen LogP contribution is -2.34. The molecule has 0 spiro atoms. The van der Waals surface area contributed by atoms with E-state index in [1.165, 1.54) is 0 Å². The third-order valence-corrected chi connectivity index (χ3v) is 1.95. The van der Waals surface area contributed by atoms with Crippen LogP contribution in [0.25, 0.3) is 0 Å². The number of carbonyl (C=O) groups excluding carboxylic acids is 1. The Hall–Kier alpha value is -1.66. The number of nitriles is 1. The van der Waals surface area contributed by atoms with Crippen molar-refractivity contribution in [1.29, 1.82) is 5.26 Å². The highest BCUT2D eigenvalue weighted by atomic mass is 16.1. The van der Waals surface area contributed by atoms with E-state index in [9.17, 15) is 4.79 Å². The number of nitrogens with zero attached hydrogens (tertiary/aromatic N) is 2. The van der Waals surface area contributed by atoms with Gasteiger partial charge in [-0.2, -0.15) is 5.26 Å². The average molecular weight is 188 g/mol. The largest absolute Gasteiger partial charge is 0.291 e. The molecule has 3 nitrogen and oxygen atoms in total. The van der Waals surface area contributed by atoms with Crippen molar-refractivity contribution >= 4 is 5.78 Å². The Labute approximate surface area is 83.6 Å². The molecule has 0 N–H and O–H groups in total. The molecule has 72 valence electrons. The second-order valence-corrected chi connectivity index (χ2v) is 3.23. The molecular weight excluding hydrogens is 176 g/mol. The molecule has 0 radical (unpaired) electrons. The topological polar surface area (TPSA) is 44.1 Å². The zero-order valence-electron chi connectivity index (χ0n) is 8.27. The number of hydrogen-bond acceptors (Lipinski definition) is 3. The average Bonchev–Trinajstić information content (AvgIpc) is 2.19. The van der Waals surface area contributed by atoms with Crippen molar-refractivity contribution in [2.24, 2.45) is 0 Å². The first-order valence-electron chi connectivity index (χ1n) is 4.32. The maximum atomic E-state index is 11.8. The van der Waals surface area contributed by atoms with Crippen LogP contribution in [0.1, 0.15) is 10.4 Å². The van der Waals surface area contributed by atoms with Gasteiger partial charge in [0.25, 0.3) is 0 Å². The Kier molecular flexibility index (Phi) is 3.38. The van der Waals surface area contributed by atoms with E-state index in [4.69, 9.17) is 5.26 Å². The number of Topliss-reactive ketones (excluding diaryl/α,β-unsaturated/α-hetero) is 1. The molecular formula is C11H12N2O. The van der Waals surface area contributed by atoms with Crippen molar-refractivity contribution in [3.05, 3.63) is 35.9 Å².